The first-order chi connectivity index (χ1) is 8.79. The highest BCUT2D eigenvalue weighted by molar-refractivity contribution is 5.90. The van der Waals surface area contributed by atoms with E-state index in [0.29, 0.717) is 6.42 Å². The number of amides is 1. The summed E-state index contributed by atoms with van der Waals surface area (Å²) in [5, 5.41) is 12.0. The Morgan fingerprint density at radius 3 is 2.78 bits per heavy atom. The number of carbonyl (C=O) groups is 1. The number of H-pyrrole nitrogens is 1. The molecule has 0 saturated heterocycles. The van der Waals surface area contributed by atoms with E-state index in [1.807, 2.05) is 30.3 Å². The number of rotatable bonds is 5. The summed E-state index contributed by atoms with van der Waals surface area (Å²) in [4.78, 5) is 18.3. The van der Waals surface area contributed by atoms with Crippen LogP contribution in [0.5, 0.6) is 0 Å². The number of nitrogens with one attached hydrogen (secondary N) is 2. The lowest BCUT2D eigenvalue weighted by molar-refractivity contribution is 0.0907. The molecule has 2 aromatic rings. The number of hydrogen-bond acceptors (Lipinski definition) is 3. The molecule has 18 heavy (non-hydrogen) atoms. The number of aliphatic hydroxyl groups is 1. The maximum Gasteiger partial charge on any atom is 0.287 e. The van der Waals surface area contributed by atoms with E-state index in [1.54, 1.807) is 6.20 Å². The molecule has 1 aromatic carbocycles. The maximum atomic E-state index is 11.7. The van der Waals surface area contributed by atoms with Crippen molar-refractivity contribution in [2.75, 3.05) is 6.61 Å². The summed E-state index contributed by atoms with van der Waals surface area (Å²) >= 11 is 0. The normalized spacial score (nSPS) is 12.1. The average Bonchev–Trinajstić information content (AvgIpc) is 2.93. The molecule has 0 aliphatic heterocycles. The molecule has 5 nitrogen and oxygen atoms in total. The Kier molecular flexibility index (Phi) is 4.09. The summed E-state index contributed by atoms with van der Waals surface area (Å²) in [5.74, 6) is -0.0588. The zero-order chi connectivity index (χ0) is 12.8. The molecule has 0 aliphatic rings. The Morgan fingerprint density at radius 1 is 1.39 bits per heavy atom. The van der Waals surface area contributed by atoms with E-state index in [4.69, 9.17) is 0 Å². The summed E-state index contributed by atoms with van der Waals surface area (Å²) in [6.45, 7) is -0.110. The van der Waals surface area contributed by atoms with Gasteiger partial charge >= 0.3 is 0 Å². The van der Waals surface area contributed by atoms with Crippen LogP contribution < -0.4 is 5.32 Å². The van der Waals surface area contributed by atoms with Crippen LogP contribution in [0.2, 0.25) is 0 Å². The standard InChI is InChI=1S/C13H15N3O2/c17-9-11(8-10-4-2-1-3-5-10)16-13(18)12-14-6-7-15-12/h1-7,11,17H,8-9H2,(H,14,15)(H,16,18)/t11-/m0/s1. The second-order valence-electron chi connectivity index (χ2n) is 3.98. The minimum atomic E-state index is -0.315. The summed E-state index contributed by atoms with van der Waals surface area (Å²) in [5.41, 5.74) is 1.07. The topological polar surface area (TPSA) is 78.0 Å². The average molecular weight is 245 g/mol. The molecule has 0 fully saturated rings. The molecule has 0 saturated carbocycles. The zero-order valence-corrected chi connectivity index (χ0v) is 9.84. The lowest BCUT2D eigenvalue weighted by atomic mass is 10.1. The molecular formula is C13H15N3O2. The van der Waals surface area contributed by atoms with Crippen LogP contribution in [-0.4, -0.2) is 33.6 Å². The van der Waals surface area contributed by atoms with Crippen LogP contribution in [0, 0.1) is 0 Å². The number of aliphatic hydroxyl groups excluding tert-OH is 1. The number of carbonyl (C=O) groups excluding carboxylic acids is 1. The van der Waals surface area contributed by atoms with E-state index in [1.165, 1.54) is 6.20 Å². The van der Waals surface area contributed by atoms with Gasteiger partial charge in [0.05, 0.1) is 12.6 Å². The Hall–Kier alpha value is -2.14. The molecule has 0 spiro atoms. The Labute approximate surface area is 105 Å². The van der Waals surface area contributed by atoms with Gasteiger partial charge in [-0.2, -0.15) is 0 Å². The van der Waals surface area contributed by atoms with Crippen molar-refractivity contribution in [3.63, 3.8) is 0 Å². The maximum absolute atomic E-state index is 11.7. The molecule has 3 N–H and O–H groups in total. The van der Waals surface area contributed by atoms with Gasteiger partial charge in [0, 0.05) is 12.4 Å². The van der Waals surface area contributed by atoms with Crippen LogP contribution >= 0.6 is 0 Å². The molecule has 0 radical (unpaired) electrons. The van der Waals surface area contributed by atoms with Gasteiger partial charge < -0.3 is 15.4 Å². The second kappa shape index (κ2) is 5.97. The van der Waals surface area contributed by atoms with Gasteiger partial charge in [0.15, 0.2) is 5.82 Å². The van der Waals surface area contributed by atoms with Gasteiger partial charge in [-0.1, -0.05) is 30.3 Å². The third-order valence-electron chi connectivity index (χ3n) is 2.59. The van der Waals surface area contributed by atoms with Crippen LogP contribution in [0.25, 0.3) is 0 Å². The number of imidazole rings is 1. The van der Waals surface area contributed by atoms with E-state index < -0.39 is 0 Å². The van der Waals surface area contributed by atoms with Gasteiger partial charge in [0.1, 0.15) is 0 Å². The second-order valence-corrected chi connectivity index (χ2v) is 3.98. The molecule has 5 heteroatoms. The molecule has 1 atom stereocenters. The van der Waals surface area contributed by atoms with Crippen molar-refractivity contribution in [1.82, 2.24) is 15.3 Å². The van der Waals surface area contributed by atoms with Gasteiger partial charge in [-0.3, -0.25) is 4.79 Å². The first kappa shape index (κ1) is 12.3. The SMILES string of the molecule is O=C(N[C@H](CO)Cc1ccccc1)c1ncc[nH]1. The third kappa shape index (κ3) is 3.18. The van der Waals surface area contributed by atoms with Crippen LogP contribution in [0.3, 0.4) is 0 Å². The van der Waals surface area contributed by atoms with Gasteiger partial charge in [-0.05, 0) is 12.0 Å². The van der Waals surface area contributed by atoms with Crippen LogP contribution in [-0.2, 0) is 6.42 Å². The molecular weight excluding hydrogens is 230 g/mol. The number of aromatic amines is 1. The van der Waals surface area contributed by atoms with Crippen LogP contribution in [0.4, 0.5) is 0 Å². The summed E-state index contributed by atoms with van der Waals surface area (Å²) in [7, 11) is 0. The van der Waals surface area contributed by atoms with E-state index in [-0.39, 0.29) is 24.4 Å². The number of hydrogen-bond donors (Lipinski definition) is 3. The highest BCUT2D eigenvalue weighted by Crippen LogP contribution is 2.03. The van der Waals surface area contributed by atoms with Gasteiger partial charge in [0.25, 0.3) is 5.91 Å². The first-order valence-corrected chi connectivity index (χ1v) is 5.74. The van der Waals surface area contributed by atoms with Crippen molar-refractivity contribution < 1.29 is 9.90 Å². The van der Waals surface area contributed by atoms with Gasteiger partial charge in [-0.15, -0.1) is 0 Å². The zero-order valence-electron chi connectivity index (χ0n) is 9.84. The van der Waals surface area contributed by atoms with Gasteiger partial charge in [-0.25, -0.2) is 4.98 Å². The van der Waals surface area contributed by atoms with Gasteiger partial charge in [0.2, 0.25) is 0 Å². The number of nitrogens with zero attached hydrogens (tertiary/aromatic N) is 1. The van der Waals surface area contributed by atoms with Crippen molar-refractivity contribution in [3.8, 4) is 0 Å². The predicted molar refractivity (Wildman–Crippen MR) is 67.1 cm³/mol. The van der Waals surface area contributed by atoms with E-state index >= 15 is 0 Å². The summed E-state index contributed by atoms with van der Waals surface area (Å²) < 4.78 is 0. The van der Waals surface area contributed by atoms with Crippen molar-refractivity contribution in [2.45, 2.75) is 12.5 Å². The molecule has 0 unspecified atom stereocenters. The number of benzene rings is 1. The minimum Gasteiger partial charge on any atom is -0.394 e. The molecule has 0 bridgehead atoms. The quantitative estimate of drug-likeness (QED) is 0.727. The monoisotopic (exact) mass is 245 g/mol. The first-order valence-electron chi connectivity index (χ1n) is 5.74. The lowest BCUT2D eigenvalue weighted by Gasteiger charge is -2.15. The van der Waals surface area contributed by atoms with Crippen LogP contribution in [0.15, 0.2) is 42.7 Å². The van der Waals surface area contributed by atoms with E-state index in [0.717, 1.165) is 5.56 Å². The van der Waals surface area contributed by atoms with Crippen molar-refractivity contribution in [1.29, 1.82) is 0 Å². The Bertz CT molecular complexity index is 482. The highest BCUT2D eigenvalue weighted by Gasteiger charge is 2.14. The molecule has 1 aromatic heterocycles. The predicted octanol–water partition coefficient (Wildman–Crippen LogP) is 0.743. The molecule has 94 valence electrons. The van der Waals surface area contributed by atoms with Crippen molar-refractivity contribution in [2.24, 2.45) is 0 Å². The lowest BCUT2D eigenvalue weighted by Crippen LogP contribution is -2.39. The summed E-state index contributed by atoms with van der Waals surface area (Å²) in [6.07, 6.45) is 3.68. The molecule has 0 aliphatic carbocycles. The molecule has 1 amide bonds. The van der Waals surface area contributed by atoms with E-state index in [9.17, 15) is 9.90 Å². The summed E-state index contributed by atoms with van der Waals surface area (Å²) in [6, 6.07) is 9.39. The van der Waals surface area contributed by atoms with Crippen molar-refractivity contribution in [3.05, 3.63) is 54.1 Å². The Morgan fingerprint density at radius 2 is 2.17 bits per heavy atom. The fourth-order valence-corrected chi connectivity index (χ4v) is 1.70. The molecule has 1 heterocycles. The van der Waals surface area contributed by atoms with Crippen molar-refractivity contribution >= 4 is 5.91 Å². The fraction of sp³-hybridized carbons (Fsp3) is 0.231. The number of aromatic nitrogens is 2. The third-order valence-corrected chi connectivity index (χ3v) is 2.59. The molecule has 2 rings (SSSR count). The highest BCUT2D eigenvalue weighted by atomic mass is 16.3. The van der Waals surface area contributed by atoms with E-state index in [2.05, 4.69) is 15.3 Å². The largest absolute Gasteiger partial charge is 0.394 e. The fourth-order valence-electron chi connectivity index (χ4n) is 1.70. The minimum absolute atomic E-state index is 0.110. The Balaban J connectivity index is 1.96. The smallest absolute Gasteiger partial charge is 0.287 e. The van der Waals surface area contributed by atoms with Crippen LogP contribution in [0.1, 0.15) is 16.2 Å².